The molecule has 1 saturated heterocycles. The first-order valence-corrected chi connectivity index (χ1v) is 12.1. The van der Waals surface area contributed by atoms with Gasteiger partial charge in [-0.05, 0) is 46.7 Å². The number of rotatable bonds is 7. The third-order valence-electron chi connectivity index (χ3n) is 5.53. The maximum atomic E-state index is 13.3. The lowest BCUT2D eigenvalue weighted by Gasteiger charge is -2.12. The molecule has 182 valence electrons. The molecule has 0 spiro atoms. The van der Waals surface area contributed by atoms with Gasteiger partial charge in [0, 0.05) is 17.7 Å². The molecule has 9 heteroatoms. The van der Waals surface area contributed by atoms with E-state index in [4.69, 9.17) is 4.42 Å². The second kappa shape index (κ2) is 10.9. The van der Waals surface area contributed by atoms with Crippen molar-refractivity contribution in [1.29, 1.82) is 0 Å². The lowest BCUT2D eigenvalue weighted by Crippen LogP contribution is -2.28. The van der Waals surface area contributed by atoms with Crippen LogP contribution in [0.1, 0.15) is 16.9 Å². The van der Waals surface area contributed by atoms with Crippen molar-refractivity contribution in [2.24, 2.45) is 10.2 Å². The number of amidine groups is 1. The molecule has 1 aliphatic rings. The van der Waals surface area contributed by atoms with Crippen LogP contribution in [-0.2, 0) is 11.3 Å². The van der Waals surface area contributed by atoms with Gasteiger partial charge in [0.1, 0.15) is 5.76 Å². The van der Waals surface area contributed by atoms with Crippen molar-refractivity contribution in [1.82, 2.24) is 4.90 Å². The van der Waals surface area contributed by atoms with Crippen LogP contribution in [0.3, 0.4) is 0 Å². The summed E-state index contributed by atoms with van der Waals surface area (Å²) < 4.78 is 5.43. The quantitative estimate of drug-likeness (QED) is 0.125. The van der Waals surface area contributed by atoms with Gasteiger partial charge in [-0.2, -0.15) is 5.10 Å². The number of furan rings is 1. The van der Waals surface area contributed by atoms with Gasteiger partial charge in [-0.15, -0.1) is 5.10 Å². The third-order valence-corrected chi connectivity index (χ3v) is 6.53. The van der Waals surface area contributed by atoms with Crippen molar-refractivity contribution in [3.63, 3.8) is 0 Å². The van der Waals surface area contributed by atoms with Gasteiger partial charge in [-0.3, -0.25) is 19.8 Å². The van der Waals surface area contributed by atoms with Crippen molar-refractivity contribution >= 4 is 40.8 Å². The van der Waals surface area contributed by atoms with Gasteiger partial charge in [0.2, 0.25) is 0 Å². The molecule has 37 heavy (non-hydrogen) atoms. The normalized spacial score (nSPS) is 15.8. The number of nitro groups is 1. The summed E-state index contributed by atoms with van der Waals surface area (Å²) in [6, 6.07) is 27.7. The minimum atomic E-state index is -0.469. The van der Waals surface area contributed by atoms with Gasteiger partial charge in [-0.1, -0.05) is 66.7 Å². The summed E-state index contributed by atoms with van der Waals surface area (Å²) in [5.74, 6) is 0.399. The van der Waals surface area contributed by atoms with Crippen LogP contribution >= 0.6 is 11.8 Å². The minimum absolute atomic E-state index is 0.0371. The van der Waals surface area contributed by atoms with Gasteiger partial charge in [0.15, 0.2) is 5.17 Å². The monoisotopic (exact) mass is 508 g/mol. The van der Waals surface area contributed by atoms with Crippen LogP contribution in [0.25, 0.3) is 17.2 Å². The van der Waals surface area contributed by atoms with Crippen molar-refractivity contribution in [2.45, 2.75) is 6.54 Å². The molecule has 5 rings (SSSR count). The molecular formula is C28H20N4O4S. The Morgan fingerprint density at radius 2 is 1.70 bits per heavy atom. The Balaban J connectivity index is 1.40. The van der Waals surface area contributed by atoms with Gasteiger partial charge in [0.25, 0.3) is 11.6 Å². The highest BCUT2D eigenvalue weighted by atomic mass is 32.2. The van der Waals surface area contributed by atoms with E-state index in [9.17, 15) is 14.9 Å². The van der Waals surface area contributed by atoms with Crippen LogP contribution in [-0.4, -0.2) is 27.1 Å². The first-order valence-electron chi connectivity index (χ1n) is 11.3. The summed E-state index contributed by atoms with van der Waals surface area (Å²) in [7, 11) is 0. The molecule has 0 bridgehead atoms. The number of benzene rings is 3. The average molecular weight is 509 g/mol. The van der Waals surface area contributed by atoms with E-state index in [2.05, 4.69) is 10.2 Å². The second-order valence-electron chi connectivity index (χ2n) is 8.05. The maximum Gasteiger partial charge on any atom is 0.270 e. The van der Waals surface area contributed by atoms with Crippen molar-refractivity contribution < 1.29 is 14.1 Å². The molecule has 1 amide bonds. The highest BCUT2D eigenvalue weighted by Gasteiger charge is 2.34. The zero-order chi connectivity index (χ0) is 25.6. The summed E-state index contributed by atoms with van der Waals surface area (Å²) in [6.45, 7) is 0.203. The maximum absolute atomic E-state index is 13.3. The molecule has 0 saturated carbocycles. The molecule has 0 aliphatic carbocycles. The van der Waals surface area contributed by atoms with Crippen LogP contribution in [0.5, 0.6) is 0 Å². The molecule has 0 N–H and O–H groups in total. The van der Waals surface area contributed by atoms with Crippen molar-refractivity contribution in [3.8, 4) is 11.1 Å². The van der Waals surface area contributed by atoms with Gasteiger partial charge >= 0.3 is 0 Å². The van der Waals surface area contributed by atoms with E-state index in [1.54, 1.807) is 30.5 Å². The number of amides is 1. The van der Waals surface area contributed by atoms with Crippen LogP contribution in [0, 0.1) is 10.1 Å². The molecule has 4 aromatic rings. The third kappa shape index (κ3) is 5.74. The Bertz CT molecular complexity index is 1510. The number of nitro benzene ring substituents is 1. The predicted molar refractivity (Wildman–Crippen MR) is 145 cm³/mol. The Morgan fingerprint density at radius 1 is 0.919 bits per heavy atom. The molecule has 1 aromatic heterocycles. The first kappa shape index (κ1) is 24.0. The Hall–Kier alpha value is -4.76. The number of carbonyl (C=O) groups excluding carboxylic acids is 1. The zero-order valence-corrected chi connectivity index (χ0v) is 20.2. The van der Waals surface area contributed by atoms with Crippen LogP contribution in [0.4, 0.5) is 5.69 Å². The highest BCUT2D eigenvalue weighted by molar-refractivity contribution is 8.18. The molecule has 0 unspecified atom stereocenters. The summed E-state index contributed by atoms with van der Waals surface area (Å²) >= 11 is 1.21. The lowest BCUT2D eigenvalue weighted by molar-refractivity contribution is -0.384. The molecule has 0 radical (unpaired) electrons. The molecular weight excluding hydrogens is 488 g/mol. The van der Waals surface area contributed by atoms with E-state index in [0.717, 1.165) is 16.7 Å². The second-order valence-corrected chi connectivity index (χ2v) is 9.06. The summed E-state index contributed by atoms with van der Waals surface area (Å²) in [6.07, 6.45) is 4.79. The molecule has 1 fully saturated rings. The van der Waals surface area contributed by atoms with E-state index in [-0.39, 0.29) is 18.1 Å². The molecule has 1 aliphatic heterocycles. The van der Waals surface area contributed by atoms with Gasteiger partial charge in [0.05, 0.1) is 28.9 Å². The van der Waals surface area contributed by atoms with Crippen molar-refractivity contribution in [2.75, 3.05) is 0 Å². The Kier molecular flexibility index (Phi) is 7.05. The Morgan fingerprint density at radius 3 is 2.43 bits per heavy atom. The standard InChI is InChI=1S/C28H20N4O4S/c33-27-26(17-20-11-13-23(14-12-20)22-7-2-1-3-8-22)37-28(31(27)19-25-10-5-15-36-25)30-29-18-21-6-4-9-24(16-21)32(34)35/h1-18H,19H2/b26-17-,29-18+,30-28-. The van der Waals surface area contributed by atoms with E-state index in [1.165, 1.54) is 35.0 Å². The van der Waals surface area contributed by atoms with Crippen molar-refractivity contribution in [3.05, 3.63) is 129 Å². The van der Waals surface area contributed by atoms with E-state index >= 15 is 0 Å². The van der Waals surface area contributed by atoms with E-state index in [0.29, 0.717) is 21.4 Å². The largest absolute Gasteiger partial charge is 0.467 e. The molecule has 2 heterocycles. The number of hydrogen-bond donors (Lipinski definition) is 0. The molecule has 8 nitrogen and oxygen atoms in total. The topological polar surface area (TPSA) is 101 Å². The summed E-state index contributed by atoms with van der Waals surface area (Å²) in [5, 5.41) is 19.7. The fourth-order valence-corrected chi connectivity index (χ4v) is 4.63. The van der Waals surface area contributed by atoms with E-state index < -0.39 is 4.92 Å². The number of hydrogen-bond acceptors (Lipinski definition) is 7. The first-order chi connectivity index (χ1) is 18.1. The summed E-state index contributed by atoms with van der Waals surface area (Å²) in [4.78, 5) is 25.8. The highest BCUT2D eigenvalue weighted by Crippen LogP contribution is 2.34. The Labute approximate surface area is 216 Å². The number of nitrogens with zero attached hydrogens (tertiary/aromatic N) is 4. The fraction of sp³-hybridized carbons (Fsp3) is 0.0357. The van der Waals surface area contributed by atoms with Crippen LogP contribution < -0.4 is 0 Å². The van der Waals surface area contributed by atoms with Gasteiger partial charge in [-0.25, -0.2) is 0 Å². The minimum Gasteiger partial charge on any atom is -0.467 e. The fourth-order valence-electron chi connectivity index (χ4n) is 3.70. The average Bonchev–Trinajstić information content (AvgIpc) is 3.54. The predicted octanol–water partition coefficient (Wildman–Crippen LogP) is 6.36. The lowest BCUT2D eigenvalue weighted by atomic mass is 10.0. The summed E-state index contributed by atoms with van der Waals surface area (Å²) in [5.41, 5.74) is 3.58. The van der Waals surface area contributed by atoms with Crippen LogP contribution in [0.15, 0.2) is 117 Å². The zero-order valence-electron chi connectivity index (χ0n) is 19.4. The number of non-ortho nitro benzene ring substituents is 1. The SMILES string of the molecule is O=C1/C(=C/c2ccc(-c3ccccc3)cc2)S/C(=N\N=C\c2cccc([N+](=O)[O-])c2)N1Cc1ccco1. The van der Waals surface area contributed by atoms with E-state index in [1.807, 2.05) is 60.7 Å². The number of carbonyl (C=O) groups is 1. The smallest absolute Gasteiger partial charge is 0.270 e. The number of thioether (sulfide) groups is 1. The molecule has 3 aromatic carbocycles. The molecule has 0 atom stereocenters. The van der Waals surface area contributed by atoms with Gasteiger partial charge < -0.3 is 4.42 Å². The van der Waals surface area contributed by atoms with Crippen LogP contribution in [0.2, 0.25) is 0 Å².